The number of amides is 1. The number of rotatable bonds is 5. The molecule has 0 fully saturated rings. The average Bonchev–Trinajstić information content (AvgIpc) is 2.52. The molecule has 0 bridgehead atoms. The van der Waals surface area contributed by atoms with Crippen molar-refractivity contribution >= 4 is 5.91 Å². The number of alkyl halides is 3. The van der Waals surface area contributed by atoms with Gasteiger partial charge in [-0.2, -0.15) is 13.2 Å². The third-order valence-electron chi connectivity index (χ3n) is 3.07. The van der Waals surface area contributed by atoms with Crippen molar-refractivity contribution < 1.29 is 22.4 Å². The molecule has 1 aromatic heterocycles. The number of hydrogen-bond acceptors (Lipinski definition) is 3. The number of aryl methyl sites for hydroxylation is 1. The van der Waals surface area contributed by atoms with Crippen LogP contribution in [0.4, 0.5) is 17.6 Å². The highest BCUT2D eigenvalue weighted by molar-refractivity contribution is 5.76. The molecule has 1 aromatic carbocycles. The number of benzene rings is 1. The van der Waals surface area contributed by atoms with E-state index >= 15 is 0 Å². The lowest BCUT2D eigenvalue weighted by Gasteiger charge is -2.10. The molecule has 0 saturated heterocycles. The molecule has 0 radical (unpaired) electrons. The number of carbonyl (C=O) groups is 1. The fourth-order valence-corrected chi connectivity index (χ4v) is 1.87. The van der Waals surface area contributed by atoms with Gasteiger partial charge in [-0.1, -0.05) is 0 Å². The number of nitrogens with zero attached hydrogens (tertiary/aromatic N) is 2. The minimum atomic E-state index is -4.56. The van der Waals surface area contributed by atoms with Crippen LogP contribution in [0.2, 0.25) is 0 Å². The first-order valence-electron chi connectivity index (χ1n) is 6.73. The van der Waals surface area contributed by atoms with E-state index in [4.69, 9.17) is 0 Å². The van der Waals surface area contributed by atoms with Crippen molar-refractivity contribution in [2.45, 2.75) is 25.6 Å². The molecule has 0 aliphatic heterocycles. The van der Waals surface area contributed by atoms with Crippen LogP contribution < -0.4 is 5.32 Å². The predicted molar refractivity (Wildman–Crippen MR) is 73.6 cm³/mol. The predicted octanol–water partition coefficient (Wildman–Crippen LogP) is 2.88. The summed E-state index contributed by atoms with van der Waals surface area (Å²) in [6.07, 6.45) is 0.368. The quantitative estimate of drug-likeness (QED) is 0.859. The topological polar surface area (TPSA) is 54.9 Å². The third-order valence-corrected chi connectivity index (χ3v) is 3.07. The van der Waals surface area contributed by atoms with Gasteiger partial charge in [-0.3, -0.25) is 14.8 Å². The van der Waals surface area contributed by atoms with Crippen LogP contribution in [-0.2, 0) is 23.9 Å². The normalized spacial score (nSPS) is 11.3. The van der Waals surface area contributed by atoms with Crippen molar-refractivity contribution in [3.63, 3.8) is 0 Å². The van der Waals surface area contributed by atoms with Crippen LogP contribution in [0, 0.1) is 5.82 Å². The maximum Gasteiger partial charge on any atom is 0.416 e. The summed E-state index contributed by atoms with van der Waals surface area (Å²) in [5, 5.41) is 2.39. The maximum atomic E-state index is 13.5. The van der Waals surface area contributed by atoms with E-state index in [0.717, 1.165) is 6.07 Å². The molecule has 2 rings (SSSR count). The lowest BCUT2D eigenvalue weighted by atomic mass is 10.1. The van der Waals surface area contributed by atoms with Gasteiger partial charge in [0.15, 0.2) is 0 Å². The van der Waals surface area contributed by atoms with E-state index in [1.54, 1.807) is 0 Å². The molecule has 1 amide bonds. The summed E-state index contributed by atoms with van der Waals surface area (Å²) >= 11 is 0. The molecule has 0 unspecified atom stereocenters. The molecule has 0 atom stereocenters. The highest BCUT2D eigenvalue weighted by Gasteiger charge is 2.31. The Morgan fingerprint density at radius 3 is 2.65 bits per heavy atom. The van der Waals surface area contributed by atoms with Gasteiger partial charge in [0, 0.05) is 37.1 Å². The highest BCUT2D eigenvalue weighted by atomic mass is 19.4. The maximum absolute atomic E-state index is 13.5. The Morgan fingerprint density at radius 1 is 1.22 bits per heavy atom. The first-order chi connectivity index (χ1) is 10.9. The van der Waals surface area contributed by atoms with Gasteiger partial charge in [0.2, 0.25) is 5.91 Å². The van der Waals surface area contributed by atoms with E-state index in [-0.39, 0.29) is 18.5 Å². The number of nitrogens with one attached hydrogen (secondary N) is 1. The van der Waals surface area contributed by atoms with Gasteiger partial charge in [-0.15, -0.1) is 0 Å². The van der Waals surface area contributed by atoms with Crippen molar-refractivity contribution in [3.05, 3.63) is 59.4 Å². The summed E-state index contributed by atoms with van der Waals surface area (Å²) in [5.74, 6) is -1.21. The second-order valence-electron chi connectivity index (χ2n) is 4.78. The zero-order chi connectivity index (χ0) is 16.9. The van der Waals surface area contributed by atoms with E-state index in [0.29, 0.717) is 24.2 Å². The Balaban J connectivity index is 1.91. The Hall–Kier alpha value is -2.51. The first-order valence-corrected chi connectivity index (χ1v) is 6.73. The molecule has 1 N–H and O–H groups in total. The molecule has 0 aliphatic carbocycles. The van der Waals surface area contributed by atoms with Crippen LogP contribution in [-0.4, -0.2) is 15.9 Å². The molecule has 1 heterocycles. The Labute approximate surface area is 129 Å². The fourth-order valence-electron chi connectivity index (χ4n) is 1.87. The Morgan fingerprint density at radius 2 is 2.00 bits per heavy atom. The van der Waals surface area contributed by atoms with Gasteiger partial charge < -0.3 is 5.32 Å². The molecule has 122 valence electrons. The summed E-state index contributed by atoms with van der Waals surface area (Å²) in [7, 11) is 0. The zero-order valence-electron chi connectivity index (χ0n) is 11.9. The molecule has 23 heavy (non-hydrogen) atoms. The van der Waals surface area contributed by atoms with Crippen molar-refractivity contribution in [3.8, 4) is 0 Å². The molecule has 2 aromatic rings. The fraction of sp³-hybridized carbons (Fsp3) is 0.267. The lowest BCUT2D eigenvalue weighted by molar-refractivity contribution is -0.137. The number of carbonyl (C=O) groups excluding carboxylic acids is 1. The second kappa shape index (κ2) is 7.17. The molecule has 4 nitrogen and oxygen atoms in total. The van der Waals surface area contributed by atoms with Crippen LogP contribution in [0.25, 0.3) is 0 Å². The monoisotopic (exact) mass is 327 g/mol. The van der Waals surface area contributed by atoms with Gasteiger partial charge in [0.1, 0.15) is 5.82 Å². The van der Waals surface area contributed by atoms with Crippen molar-refractivity contribution in [1.82, 2.24) is 15.3 Å². The molecule has 0 spiro atoms. The highest BCUT2D eigenvalue weighted by Crippen LogP contribution is 2.30. The summed E-state index contributed by atoms with van der Waals surface area (Å²) < 4.78 is 51.3. The second-order valence-corrected chi connectivity index (χ2v) is 4.78. The standard InChI is InChI=1S/C15H13F4N3O/c16-13-3-1-11(15(17,18)19)7-10(13)8-22-14(23)4-2-12-9-20-5-6-21-12/h1,3,5-7,9H,2,4,8H2,(H,22,23). The molecule has 0 saturated carbocycles. The molecule has 0 aliphatic rings. The SMILES string of the molecule is O=C(CCc1cnccn1)NCc1cc(C(F)(F)F)ccc1F. The van der Waals surface area contributed by atoms with Gasteiger partial charge in [-0.25, -0.2) is 4.39 Å². The average molecular weight is 327 g/mol. The smallest absolute Gasteiger partial charge is 0.352 e. The van der Waals surface area contributed by atoms with Crippen LogP contribution >= 0.6 is 0 Å². The Bertz CT molecular complexity index is 674. The van der Waals surface area contributed by atoms with Crippen molar-refractivity contribution in [2.75, 3.05) is 0 Å². The Kier molecular flexibility index (Phi) is 5.25. The van der Waals surface area contributed by atoms with Gasteiger partial charge in [-0.05, 0) is 24.6 Å². The van der Waals surface area contributed by atoms with Crippen LogP contribution in [0.3, 0.4) is 0 Å². The summed E-state index contributed by atoms with van der Waals surface area (Å²) in [4.78, 5) is 19.5. The van der Waals surface area contributed by atoms with Crippen molar-refractivity contribution in [1.29, 1.82) is 0 Å². The molecular weight excluding hydrogens is 314 g/mol. The number of halogens is 4. The van der Waals surface area contributed by atoms with Crippen LogP contribution in [0.1, 0.15) is 23.2 Å². The van der Waals surface area contributed by atoms with E-state index in [2.05, 4.69) is 15.3 Å². The lowest BCUT2D eigenvalue weighted by Crippen LogP contribution is -2.24. The minimum Gasteiger partial charge on any atom is -0.352 e. The first kappa shape index (κ1) is 16.9. The van der Waals surface area contributed by atoms with Crippen LogP contribution in [0.5, 0.6) is 0 Å². The van der Waals surface area contributed by atoms with Gasteiger partial charge in [0.05, 0.1) is 11.3 Å². The minimum absolute atomic E-state index is 0.0826. The van der Waals surface area contributed by atoms with E-state index in [1.165, 1.54) is 18.6 Å². The molecular formula is C15H13F4N3O. The summed E-state index contributed by atoms with van der Waals surface area (Å²) in [6.45, 7) is -0.310. The van der Waals surface area contributed by atoms with Gasteiger partial charge in [0.25, 0.3) is 0 Å². The van der Waals surface area contributed by atoms with E-state index in [9.17, 15) is 22.4 Å². The number of hydrogen-bond donors (Lipinski definition) is 1. The van der Waals surface area contributed by atoms with Crippen molar-refractivity contribution in [2.24, 2.45) is 0 Å². The van der Waals surface area contributed by atoms with Gasteiger partial charge >= 0.3 is 6.18 Å². The largest absolute Gasteiger partial charge is 0.416 e. The molecule has 8 heteroatoms. The van der Waals surface area contributed by atoms with Crippen LogP contribution in [0.15, 0.2) is 36.8 Å². The third kappa shape index (κ3) is 5.01. The zero-order valence-corrected chi connectivity index (χ0v) is 11.9. The van der Waals surface area contributed by atoms with E-state index < -0.39 is 23.5 Å². The number of aromatic nitrogens is 2. The summed E-state index contributed by atoms with van der Waals surface area (Å²) in [6, 6.07) is 2.09. The van der Waals surface area contributed by atoms with E-state index in [1.807, 2.05) is 0 Å². The summed E-state index contributed by atoms with van der Waals surface area (Å²) in [5.41, 5.74) is -0.553.